The van der Waals surface area contributed by atoms with Crippen molar-refractivity contribution >= 4 is 15.9 Å². The zero-order valence-electron chi connectivity index (χ0n) is 9.75. The van der Waals surface area contributed by atoms with E-state index < -0.39 is 0 Å². The Labute approximate surface area is 106 Å². The molecule has 0 saturated heterocycles. The molecule has 1 fully saturated rings. The average molecular weight is 283 g/mol. The molecule has 3 heteroatoms. The first-order valence-electron chi connectivity index (χ1n) is 6.15. The van der Waals surface area contributed by atoms with Gasteiger partial charge in [-0.2, -0.15) is 0 Å². The summed E-state index contributed by atoms with van der Waals surface area (Å²) < 4.78 is 1.13. The van der Waals surface area contributed by atoms with E-state index in [1.807, 2.05) is 12.3 Å². The molecule has 1 heterocycles. The Kier molecular flexibility index (Phi) is 4.36. The molecular formula is C13H19BrN2. The van der Waals surface area contributed by atoms with Crippen LogP contribution in [-0.4, -0.2) is 11.5 Å². The van der Waals surface area contributed by atoms with Gasteiger partial charge in [0.05, 0.1) is 11.7 Å². The standard InChI is InChI=1S/C13H19BrN2/c1-2-15-12(9-10-5-3-6-10)13-11(14)7-4-8-16-13/h4,7-8,10,12,15H,2-3,5-6,9H2,1H3. The van der Waals surface area contributed by atoms with Gasteiger partial charge in [0.15, 0.2) is 0 Å². The summed E-state index contributed by atoms with van der Waals surface area (Å²) in [6.45, 7) is 3.16. The predicted molar refractivity (Wildman–Crippen MR) is 70.3 cm³/mol. The van der Waals surface area contributed by atoms with Gasteiger partial charge in [0.25, 0.3) is 0 Å². The van der Waals surface area contributed by atoms with Crippen LogP contribution in [0, 0.1) is 5.92 Å². The minimum absolute atomic E-state index is 0.408. The molecule has 1 N–H and O–H groups in total. The van der Waals surface area contributed by atoms with Crippen LogP contribution >= 0.6 is 15.9 Å². The maximum absolute atomic E-state index is 4.50. The second-order valence-electron chi connectivity index (χ2n) is 4.51. The molecule has 2 rings (SSSR count). The second kappa shape index (κ2) is 5.78. The van der Waals surface area contributed by atoms with Crippen molar-refractivity contribution in [1.82, 2.24) is 10.3 Å². The van der Waals surface area contributed by atoms with Gasteiger partial charge < -0.3 is 5.32 Å². The second-order valence-corrected chi connectivity index (χ2v) is 5.37. The molecule has 0 radical (unpaired) electrons. The maximum atomic E-state index is 4.50. The molecule has 0 bridgehead atoms. The number of aromatic nitrogens is 1. The highest BCUT2D eigenvalue weighted by atomic mass is 79.9. The lowest BCUT2D eigenvalue weighted by atomic mass is 9.80. The van der Waals surface area contributed by atoms with Crippen molar-refractivity contribution in [3.05, 3.63) is 28.5 Å². The molecule has 1 atom stereocenters. The van der Waals surface area contributed by atoms with E-state index in [4.69, 9.17) is 0 Å². The van der Waals surface area contributed by atoms with Crippen LogP contribution in [0.25, 0.3) is 0 Å². The molecule has 1 aromatic heterocycles. The van der Waals surface area contributed by atoms with Crippen molar-refractivity contribution in [2.45, 2.75) is 38.6 Å². The van der Waals surface area contributed by atoms with Crippen molar-refractivity contribution in [1.29, 1.82) is 0 Å². The summed E-state index contributed by atoms with van der Waals surface area (Å²) in [6.07, 6.45) is 7.31. The molecule has 2 nitrogen and oxygen atoms in total. The zero-order chi connectivity index (χ0) is 11.4. The third-order valence-corrected chi connectivity index (χ3v) is 4.03. The first-order valence-corrected chi connectivity index (χ1v) is 6.94. The number of halogens is 1. The van der Waals surface area contributed by atoms with E-state index in [9.17, 15) is 0 Å². The molecule has 1 unspecified atom stereocenters. The highest BCUT2D eigenvalue weighted by Crippen LogP contribution is 2.35. The molecule has 1 aliphatic rings. The third-order valence-electron chi connectivity index (χ3n) is 3.36. The van der Waals surface area contributed by atoms with Gasteiger partial charge in [-0.1, -0.05) is 26.2 Å². The van der Waals surface area contributed by atoms with Crippen LogP contribution in [0.15, 0.2) is 22.8 Å². The zero-order valence-corrected chi connectivity index (χ0v) is 11.3. The van der Waals surface area contributed by atoms with Gasteiger partial charge in [-0.25, -0.2) is 0 Å². The highest BCUT2D eigenvalue weighted by molar-refractivity contribution is 9.10. The van der Waals surface area contributed by atoms with Crippen molar-refractivity contribution in [3.8, 4) is 0 Å². The van der Waals surface area contributed by atoms with E-state index in [1.165, 1.54) is 25.7 Å². The maximum Gasteiger partial charge on any atom is 0.0714 e. The highest BCUT2D eigenvalue weighted by Gasteiger charge is 2.24. The topological polar surface area (TPSA) is 24.9 Å². The van der Waals surface area contributed by atoms with Crippen molar-refractivity contribution in [2.75, 3.05) is 6.54 Å². The Morgan fingerprint density at radius 3 is 2.94 bits per heavy atom. The summed E-state index contributed by atoms with van der Waals surface area (Å²) in [6, 6.07) is 4.46. The molecule has 1 aromatic rings. The lowest BCUT2D eigenvalue weighted by Gasteiger charge is -2.30. The molecule has 88 valence electrons. The molecule has 1 aliphatic carbocycles. The summed E-state index contributed by atoms with van der Waals surface area (Å²) in [5.41, 5.74) is 1.16. The first-order chi connectivity index (χ1) is 7.81. The number of rotatable bonds is 5. The molecule has 0 aromatic carbocycles. The van der Waals surface area contributed by atoms with E-state index in [1.54, 1.807) is 0 Å². The normalized spacial score (nSPS) is 18.1. The third kappa shape index (κ3) is 2.83. The van der Waals surface area contributed by atoms with Gasteiger partial charge in [-0.3, -0.25) is 4.98 Å². The summed E-state index contributed by atoms with van der Waals surface area (Å²) in [7, 11) is 0. The molecule has 0 aliphatic heterocycles. The molecular weight excluding hydrogens is 264 g/mol. The summed E-state index contributed by atoms with van der Waals surface area (Å²) in [5.74, 6) is 0.901. The van der Waals surface area contributed by atoms with Crippen LogP contribution in [0.1, 0.15) is 44.3 Å². The average Bonchev–Trinajstić information content (AvgIpc) is 2.23. The molecule has 0 spiro atoms. The van der Waals surface area contributed by atoms with Gasteiger partial charge in [-0.15, -0.1) is 0 Å². The first kappa shape index (κ1) is 12.1. The van der Waals surface area contributed by atoms with Gasteiger partial charge in [-0.05, 0) is 46.9 Å². The summed E-state index contributed by atoms with van der Waals surface area (Å²) in [5, 5.41) is 3.55. The predicted octanol–water partition coefficient (Wildman–Crippen LogP) is 3.68. The summed E-state index contributed by atoms with van der Waals surface area (Å²) in [4.78, 5) is 4.50. The number of hydrogen-bond donors (Lipinski definition) is 1. The van der Waals surface area contributed by atoms with Crippen LogP contribution in [-0.2, 0) is 0 Å². The fourth-order valence-electron chi connectivity index (χ4n) is 2.25. The van der Waals surface area contributed by atoms with E-state index in [0.29, 0.717) is 6.04 Å². The quantitative estimate of drug-likeness (QED) is 0.891. The fourth-order valence-corrected chi connectivity index (χ4v) is 2.79. The molecule has 0 amide bonds. The Bertz CT molecular complexity index is 336. The van der Waals surface area contributed by atoms with Crippen molar-refractivity contribution in [3.63, 3.8) is 0 Å². The van der Waals surface area contributed by atoms with Gasteiger partial charge in [0.1, 0.15) is 0 Å². The largest absolute Gasteiger partial charge is 0.309 e. The minimum atomic E-state index is 0.408. The monoisotopic (exact) mass is 282 g/mol. The number of pyridine rings is 1. The lowest BCUT2D eigenvalue weighted by Crippen LogP contribution is -2.26. The van der Waals surface area contributed by atoms with E-state index in [2.05, 4.69) is 39.2 Å². The van der Waals surface area contributed by atoms with Crippen molar-refractivity contribution < 1.29 is 0 Å². The van der Waals surface area contributed by atoms with Crippen LogP contribution < -0.4 is 5.32 Å². The number of nitrogens with one attached hydrogen (secondary N) is 1. The minimum Gasteiger partial charge on any atom is -0.309 e. The van der Waals surface area contributed by atoms with Crippen LogP contribution in [0.4, 0.5) is 0 Å². The SMILES string of the molecule is CCNC(CC1CCC1)c1ncccc1Br. The smallest absolute Gasteiger partial charge is 0.0714 e. The number of hydrogen-bond acceptors (Lipinski definition) is 2. The van der Waals surface area contributed by atoms with Gasteiger partial charge in [0.2, 0.25) is 0 Å². The number of nitrogens with zero attached hydrogens (tertiary/aromatic N) is 1. The van der Waals surface area contributed by atoms with E-state index in [-0.39, 0.29) is 0 Å². The van der Waals surface area contributed by atoms with Crippen molar-refractivity contribution in [2.24, 2.45) is 5.92 Å². The molecule has 16 heavy (non-hydrogen) atoms. The van der Waals surface area contributed by atoms with Crippen LogP contribution in [0.5, 0.6) is 0 Å². The van der Waals surface area contributed by atoms with Gasteiger partial charge in [0, 0.05) is 10.7 Å². The van der Waals surface area contributed by atoms with Crippen LogP contribution in [0.2, 0.25) is 0 Å². The Balaban J connectivity index is 2.08. The van der Waals surface area contributed by atoms with Gasteiger partial charge >= 0.3 is 0 Å². The van der Waals surface area contributed by atoms with Crippen LogP contribution in [0.3, 0.4) is 0 Å². The summed E-state index contributed by atoms with van der Waals surface area (Å²) >= 11 is 3.59. The Morgan fingerprint density at radius 2 is 2.38 bits per heavy atom. The van der Waals surface area contributed by atoms with E-state index in [0.717, 1.165) is 22.6 Å². The Morgan fingerprint density at radius 1 is 1.56 bits per heavy atom. The lowest BCUT2D eigenvalue weighted by molar-refractivity contribution is 0.260. The van der Waals surface area contributed by atoms with E-state index >= 15 is 0 Å². The Hall–Kier alpha value is -0.410. The fraction of sp³-hybridized carbons (Fsp3) is 0.615. The molecule has 1 saturated carbocycles.